The van der Waals surface area contributed by atoms with Crippen molar-refractivity contribution in [1.29, 1.82) is 0 Å². The van der Waals surface area contributed by atoms with Crippen LogP contribution in [0.25, 0.3) is 0 Å². The van der Waals surface area contributed by atoms with Crippen LogP contribution in [-0.4, -0.2) is 25.2 Å². The highest BCUT2D eigenvalue weighted by Gasteiger charge is 2.11. The van der Waals surface area contributed by atoms with Crippen LogP contribution in [0, 0.1) is 0 Å². The summed E-state index contributed by atoms with van der Waals surface area (Å²) < 4.78 is 11.1. The van der Waals surface area contributed by atoms with Crippen molar-refractivity contribution in [2.45, 2.75) is 19.9 Å². The fraction of sp³-hybridized carbons (Fsp3) is 0.538. The number of methoxy groups -OCH3 is 1. The average molecular weight is 290 g/mol. The van der Waals surface area contributed by atoms with Crippen LogP contribution in [0.4, 0.5) is 0 Å². The number of benzene rings is 1. The van der Waals surface area contributed by atoms with Gasteiger partial charge in [0.15, 0.2) is 11.5 Å². The molecule has 0 fully saturated rings. The molecule has 0 heterocycles. The van der Waals surface area contributed by atoms with E-state index in [1.807, 2.05) is 17.8 Å². The van der Waals surface area contributed by atoms with Crippen molar-refractivity contribution in [2.75, 3.05) is 25.2 Å². The van der Waals surface area contributed by atoms with Gasteiger partial charge >= 0.3 is 0 Å². The number of halogens is 1. The third-order valence-electron chi connectivity index (χ3n) is 2.42. The molecule has 18 heavy (non-hydrogen) atoms. The minimum absolute atomic E-state index is 0.385. The van der Waals surface area contributed by atoms with Crippen LogP contribution in [-0.2, 0) is 6.54 Å². The summed E-state index contributed by atoms with van der Waals surface area (Å²) in [7, 11) is 1.60. The summed E-state index contributed by atoms with van der Waals surface area (Å²) in [6.45, 7) is 3.20. The summed E-state index contributed by atoms with van der Waals surface area (Å²) in [6.07, 6.45) is 1.01. The van der Waals surface area contributed by atoms with Gasteiger partial charge in [0.25, 0.3) is 0 Å². The molecule has 0 amide bonds. The van der Waals surface area contributed by atoms with Crippen LogP contribution >= 0.6 is 23.4 Å². The van der Waals surface area contributed by atoms with Crippen LogP contribution in [0.1, 0.15) is 18.9 Å². The number of thioether (sulfide) groups is 1. The number of rotatable bonds is 8. The fourth-order valence-electron chi connectivity index (χ4n) is 1.57. The van der Waals surface area contributed by atoms with Crippen molar-refractivity contribution in [3.8, 4) is 11.5 Å². The second-order valence-electron chi connectivity index (χ2n) is 3.70. The first-order chi connectivity index (χ1) is 8.72. The fourth-order valence-corrected chi connectivity index (χ4v) is 2.41. The standard InChI is InChI=1S/C13H20ClNO2S/c1-3-18-6-4-5-17-13-10(9-15)7-11(14)8-12(13)16-2/h7-8H,3-6,9,15H2,1-2H3. The maximum absolute atomic E-state index is 5.99. The lowest BCUT2D eigenvalue weighted by atomic mass is 10.2. The van der Waals surface area contributed by atoms with Crippen LogP contribution in [0.3, 0.4) is 0 Å². The predicted molar refractivity (Wildman–Crippen MR) is 79.0 cm³/mol. The van der Waals surface area contributed by atoms with Gasteiger partial charge in [-0.25, -0.2) is 0 Å². The largest absolute Gasteiger partial charge is 0.493 e. The minimum atomic E-state index is 0.385. The van der Waals surface area contributed by atoms with Crippen LogP contribution in [0.5, 0.6) is 11.5 Å². The molecule has 0 aliphatic heterocycles. The van der Waals surface area contributed by atoms with E-state index in [4.69, 9.17) is 26.8 Å². The van der Waals surface area contributed by atoms with Crippen molar-refractivity contribution >= 4 is 23.4 Å². The highest BCUT2D eigenvalue weighted by molar-refractivity contribution is 7.99. The third kappa shape index (κ3) is 4.59. The molecular weight excluding hydrogens is 270 g/mol. The first kappa shape index (κ1) is 15.5. The minimum Gasteiger partial charge on any atom is -0.493 e. The van der Waals surface area contributed by atoms with Crippen molar-refractivity contribution in [1.82, 2.24) is 0 Å². The van der Waals surface area contributed by atoms with Gasteiger partial charge in [-0.05, 0) is 24.0 Å². The van der Waals surface area contributed by atoms with Crippen LogP contribution < -0.4 is 15.2 Å². The van der Waals surface area contributed by atoms with Crippen LogP contribution in [0.15, 0.2) is 12.1 Å². The van der Waals surface area contributed by atoms with Gasteiger partial charge < -0.3 is 15.2 Å². The Hall–Kier alpha value is -0.580. The van der Waals surface area contributed by atoms with Crippen molar-refractivity contribution in [3.63, 3.8) is 0 Å². The Bertz CT molecular complexity index is 349. The lowest BCUT2D eigenvalue weighted by Crippen LogP contribution is -2.06. The van der Waals surface area contributed by atoms with Crippen molar-refractivity contribution < 1.29 is 9.47 Å². The van der Waals surface area contributed by atoms with E-state index in [0.717, 1.165) is 23.5 Å². The number of nitrogens with two attached hydrogens (primary N) is 1. The Morgan fingerprint density at radius 2 is 2.17 bits per heavy atom. The third-order valence-corrected chi connectivity index (χ3v) is 3.62. The van der Waals surface area contributed by atoms with Gasteiger partial charge in [0.05, 0.1) is 13.7 Å². The van der Waals surface area contributed by atoms with E-state index in [0.29, 0.717) is 29.7 Å². The van der Waals surface area contributed by atoms with Gasteiger partial charge in [0.2, 0.25) is 0 Å². The van der Waals surface area contributed by atoms with Gasteiger partial charge in [-0.1, -0.05) is 18.5 Å². The van der Waals surface area contributed by atoms with Gasteiger partial charge in [0, 0.05) is 23.2 Å². The molecule has 1 aromatic carbocycles. The quantitative estimate of drug-likeness (QED) is 0.746. The summed E-state index contributed by atoms with van der Waals surface area (Å²) in [5.41, 5.74) is 6.57. The maximum atomic E-state index is 5.99. The molecule has 0 aliphatic carbocycles. The molecule has 0 aliphatic rings. The van der Waals surface area contributed by atoms with E-state index in [1.54, 1.807) is 13.2 Å². The van der Waals surface area contributed by atoms with E-state index in [2.05, 4.69) is 6.92 Å². The van der Waals surface area contributed by atoms with Gasteiger partial charge in [-0.15, -0.1) is 0 Å². The number of hydrogen-bond donors (Lipinski definition) is 1. The molecule has 2 N–H and O–H groups in total. The Balaban J connectivity index is 2.67. The number of hydrogen-bond acceptors (Lipinski definition) is 4. The maximum Gasteiger partial charge on any atom is 0.165 e. The zero-order valence-corrected chi connectivity index (χ0v) is 12.4. The molecule has 0 aromatic heterocycles. The monoisotopic (exact) mass is 289 g/mol. The lowest BCUT2D eigenvalue weighted by Gasteiger charge is -2.14. The van der Waals surface area contributed by atoms with E-state index in [-0.39, 0.29) is 0 Å². The Kier molecular flexibility index (Phi) is 7.32. The van der Waals surface area contributed by atoms with Gasteiger partial charge in [-0.3, -0.25) is 0 Å². The second-order valence-corrected chi connectivity index (χ2v) is 5.53. The van der Waals surface area contributed by atoms with E-state index in [9.17, 15) is 0 Å². The Labute approximate surface area is 118 Å². The Morgan fingerprint density at radius 1 is 1.39 bits per heavy atom. The zero-order valence-electron chi connectivity index (χ0n) is 10.9. The highest BCUT2D eigenvalue weighted by atomic mass is 35.5. The molecule has 0 saturated heterocycles. The smallest absolute Gasteiger partial charge is 0.165 e. The van der Waals surface area contributed by atoms with Gasteiger partial charge in [-0.2, -0.15) is 11.8 Å². The normalized spacial score (nSPS) is 10.4. The second kappa shape index (κ2) is 8.51. The lowest BCUT2D eigenvalue weighted by molar-refractivity contribution is 0.292. The molecule has 0 spiro atoms. The molecule has 0 bridgehead atoms. The van der Waals surface area contributed by atoms with E-state index < -0.39 is 0 Å². The summed E-state index contributed by atoms with van der Waals surface area (Å²) in [5.74, 6) is 3.60. The topological polar surface area (TPSA) is 44.5 Å². The molecular formula is C13H20ClNO2S. The van der Waals surface area contributed by atoms with Crippen molar-refractivity contribution in [3.05, 3.63) is 22.7 Å². The molecule has 1 rings (SSSR count). The molecule has 102 valence electrons. The molecule has 5 heteroatoms. The summed E-state index contributed by atoms with van der Waals surface area (Å²) in [4.78, 5) is 0. The SMILES string of the molecule is CCSCCCOc1c(CN)cc(Cl)cc1OC. The van der Waals surface area contributed by atoms with E-state index in [1.165, 1.54) is 0 Å². The molecule has 0 atom stereocenters. The van der Waals surface area contributed by atoms with E-state index >= 15 is 0 Å². The summed E-state index contributed by atoms with van der Waals surface area (Å²) in [6, 6.07) is 3.57. The molecule has 0 radical (unpaired) electrons. The number of ether oxygens (including phenoxy) is 2. The highest BCUT2D eigenvalue weighted by Crippen LogP contribution is 2.34. The zero-order chi connectivity index (χ0) is 13.4. The molecule has 1 aromatic rings. The van der Waals surface area contributed by atoms with Crippen molar-refractivity contribution in [2.24, 2.45) is 5.73 Å². The molecule has 0 saturated carbocycles. The average Bonchev–Trinajstić information content (AvgIpc) is 2.39. The summed E-state index contributed by atoms with van der Waals surface area (Å²) >= 11 is 7.90. The summed E-state index contributed by atoms with van der Waals surface area (Å²) in [5, 5.41) is 0.612. The predicted octanol–water partition coefficient (Wildman–Crippen LogP) is 3.33. The molecule has 0 unspecified atom stereocenters. The van der Waals surface area contributed by atoms with Gasteiger partial charge in [0.1, 0.15) is 0 Å². The first-order valence-corrected chi connectivity index (χ1v) is 7.53. The Morgan fingerprint density at radius 3 is 2.78 bits per heavy atom. The first-order valence-electron chi connectivity index (χ1n) is 6.00. The van der Waals surface area contributed by atoms with Crippen LogP contribution in [0.2, 0.25) is 5.02 Å². The molecule has 3 nitrogen and oxygen atoms in total.